The van der Waals surface area contributed by atoms with Gasteiger partial charge in [-0.05, 0) is 127 Å². The van der Waals surface area contributed by atoms with Crippen LogP contribution in [0, 0.1) is 35.3 Å². The predicted octanol–water partition coefficient (Wildman–Crippen LogP) is 7.31. The van der Waals surface area contributed by atoms with Crippen molar-refractivity contribution in [2.75, 3.05) is 36.1 Å². The Hall–Kier alpha value is -3.28. The lowest BCUT2D eigenvalue weighted by atomic mass is 9.42. The fraction of sp³-hybridized carbons (Fsp3) is 0.538. The van der Waals surface area contributed by atoms with Crippen LogP contribution in [0.4, 0.5) is 14.6 Å². The van der Waals surface area contributed by atoms with E-state index < -0.39 is 15.7 Å². The number of sulfone groups is 1. The Morgan fingerprint density at radius 3 is 2.41 bits per heavy atom. The molecule has 51 heavy (non-hydrogen) atoms. The van der Waals surface area contributed by atoms with Gasteiger partial charge in [-0.25, -0.2) is 17.2 Å². The second-order valence-corrected chi connectivity index (χ2v) is 19.0. The van der Waals surface area contributed by atoms with Gasteiger partial charge >= 0.3 is 6.01 Å². The highest BCUT2D eigenvalue weighted by Gasteiger charge is 2.59. The number of fused-ring (bicyclic) bond motifs is 6. The zero-order chi connectivity index (χ0) is 34.8. The van der Waals surface area contributed by atoms with E-state index in [0.717, 1.165) is 51.4 Å². The van der Waals surface area contributed by atoms with E-state index in [1.807, 2.05) is 0 Å². The molecule has 6 bridgehead atoms. The van der Waals surface area contributed by atoms with Crippen molar-refractivity contribution in [2.24, 2.45) is 23.7 Å². The number of nitrogens with one attached hydrogen (secondary N) is 1. The number of anilines is 1. The van der Waals surface area contributed by atoms with Crippen LogP contribution in [0.2, 0.25) is 5.02 Å². The number of hydrogen-bond acceptors (Lipinski definition) is 8. The maximum absolute atomic E-state index is 17.3. The molecule has 1 aromatic heterocycles. The molecule has 7 fully saturated rings. The first-order valence-corrected chi connectivity index (χ1v) is 20.7. The molecule has 8 nitrogen and oxygen atoms in total. The smallest absolute Gasteiger partial charge is 0.319 e. The highest BCUT2D eigenvalue weighted by Crippen LogP contribution is 2.67. The number of aromatic nitrogens is 2. The first-order chi connectivity index (χ1) is 24.5. The number of ether oxygens (including phenoxy) is 1. The minimum Gasteiger partial charge on any atom is -0.508 e. The molecule has 4 unspecified atom stereocenters. The number of halogens is 3. The summed E-state index contributed by atoms with van der Waals surface area (Å²) in [5, 5.41) is 16.3. The zero-order valence-electron chi connectivity index (χ0n) is 28.3. The summed E-state index contributed by atoms with van der Waals surface area (Å²) < 4.78 is 63.9. The monoisotopic (exact) mass is 734 g/mol. The molecule has 268 valence electrons. The standard InChI is InChI=1S/C39H41ClF2N4O4S/c40-30-12-29-36(35(42)33(30)28-11-26(47)10-21-5-8-31(41)34(32(21)28)39-13-20(14-39)15-39)44-38(45-37(29)46-16-24-6-7-25(17-46)43-24)50-9-1-2-27-22-3-4-23(27)19-51(48,49)18-22/h5,8,10-12,20,22-25,27,43,47H,1-4,6-7,9,13-19H2. The Balaban J connectivity index is 1.05. The maximum Gasteiger partial charge on any atom is 0.319 e. The first-order valence-electron chi connectivity index (χ1n) is 18.5. The molecule has 4 aromatic rings. The fourth-order valence-corrected chi connectivity index (χ4v) is 13.5. The Labute approximate surface area is 300 Å². The van der Waals surface area contributed by atoms with E-state index in [2.05, 4.69) is 15.2 Å². The highest BCUT2D eigenvalue weighted by atomic mass is 35.5. The van der Waals surface area contributed by atoms with Crippen LogP contribution >= 0.6 is 11.6 Å². The predicted molar refractivity (Wildman–Crippen MR) is 193 cm³/mol. The van der Waals surface area contributed by atoms with E-state index >= 15 is 8.78 Å². The van der Waals surface area contributed by atoms with Gasteiger partial charge in [-0.3, -0.25) is 0 Å². The average Bonchev–Trinajstić information content (AvgIpc) is 3.52. The molecular weight excluding hydrogens is 694 g/mol. The van der Waals surface area contributed by atoms with Crippen molar-refractivity contribution in [2.45, 2.75) is 75.3 Å². The van der Waals surface area contributed by atoms with Crippen molar-refractivity contribution in [3.05, 3.63) is 52.6 Å². The average molecular weight is 735 g/mol. The number of aromatic hydroxyl groups is 1. The first kappa shape index (κ1) is 32.4. The van der Waals surface area contributed by atoms with E-state index in [1.165, 1.54) is 12.1 Å². The van der Waals surface area contributed by atoms with Crippen LogP contribution in [0.15, 0.2) is 30.3 Å². The third-order valence-corrected chi connectivity index (χ3v) is 15.4. The van der Waals surface area contributed by atoms with E-state index in [4.69, 9.17) is 21.3 Å². The van der Waals surface area contributed by atoms with Gasteiger partial charge in [-0.1, -0.05) is 17.7 Å². The van der Waals surface area contributed by atoms with Gasteiger partial charge in [0.05, 0.1) is 23.1 Å². The molecular formula is C39H41ClF2N4O4S. The van der Waals surface area contributed by atoms with Gasteiger partial charge in [0, 0.05) is 41.7 Å². The quantitative estimate of drug-likeness (QED) is 0.182. The van der Waals surface area contributed by atoms with Crippen molar-refractivity contribution in [1.82, 2.24) is 15.3 Å². The van der Waals surface area contributed by atoms with Gasteiger partial charge in [0.15, 0.2) is 15.7 Å². The molecule has 0 radical (unpaired) electrons. The van der Waals surface area contributed by atoms with Crippen molar-refractivity contribution >= 4 is 48.9 Å². The van der Waals surface area contributed by atoms with Gasteiger partial charge < -0.3 is 20.1 Å². The van der Waals surface area contributed by atoms with Crippen LogP contribution in [0.5, 0.6) is 11.8 Å². The number of rotatable bonds is 8. The van der Waals surface area contributed by atoms with Gasteiger partial charge in [-0.15, -0.1) is 0 Å². The summed E-state index contributed by atoms with van der Waals surface area (Å²) in [6.07, 6.45) is 8.35. The van der Waals surface area contributed by atoms with E-state index in [9.17, 15) is 13.5 Å². The van der Waals surface area contributed by atoms with Gasteiger partial charge in [0.2, 0.25) is 0 Å². The Bertz CT molecular complexity index is 2190. The number of hydrogen-bond donors (Lipinski definition) is 2. The Morgan fingerprint density at radius 1 is 1.00 bits per heavy atom. The Morgan fingerprint density at radius 2 is 1.73 bits per heavy atom. The van der Waals surface area contributed by atoms with Crippen molar-refractivity contribution in [3.63, 3.8) is 0 Å². The molecule has 11 rings (SSSR count). The van der Waals surface area contributed by atoms with Crippen LogP contribution in [-0.4, -0.2) is 66.8 Å². The van der Waals surface area contributed by atoms with Gasteiger partial charge in [0.25, 0.3) is 0 Å². The molecule has 4 aliphatic carbocycles. The summed E-state index contributed by atoms with van der Waals surface area (Å²) >= 11 is 7.03. The fourth-order valence-electron chi connectivity index (χ4n) is 10.9. The number of nitrogens with zero attached hydrogens (tertiary/aromatic N) is 3. The third kappa shape index (κ3) is 5.23. The Kier molecular flexibility index (Phi) is 7.37. The minimum atomic E-state index is -2.96. The molecule has 3 saturated heterocycles. The number of benzene rings is 3. The molecule has 3 aliphatic heterocycles. The molecule has 4 heterocycles. The van der Waals surface area contributed by atoms with Crippen LogP contribution in [-0.2, 0) is 15.3 Å². The zero-order valence-corrected chi connectivity index (χ0v) is 29.9. The molecule has 4 atom stereocenters. The molecule has 2 N–H and O–H groups in total. The van der Waals surface area contributed by atoms with Gasteiger partial charge in [0.1, 0.15) is 22.9 Å². The second kappa shape index (κ2) is 11.6. The molecule has 0 amide bonds. The normalized spacial score (nSPS) is 31.5. The van der Waals surface area contributed by atoms with Crippen molar-refractivity contribution in [3.8, 4) is 22.9 Å². The summed E-state index contributed by atoms with van der Waals surface area (Å²) in [6, 6.07) is 8.56. The lowest BCUT2D eigenvalue weighted by molar-refractivity contribution is -0.0287. The molecule has 0 spiro atoms. The van der Waals surface area contributed by atoms with Gasteiger partial charge in [-0.2, -0.15) is 9.97 Å². The summed E-state index contributed by atoms with van der Waals surface area (Å²) in [5.41, 5.74) is 0.794. The van der Waals surface area contributed by atoms with Crippen molar-refractivity contribution < 1.29 is 27.0 Å². The maximum atomic E-state index is 17.3. The van der Waals surface area contributed by atoms with Crippen molar-refractivity contribution in [1.29, 1.82) is 0 Å². The highest BCUT2D eigenvalue weighted by molar-refractivity contribution is 7.91. The van der Waals surface area contributed by atoms with E-state index in [1.54, 1.807) is 18.2 Å². The number of phenols is 1. The number of piperazine rings is 1. The molecule has 7 aliphatic rings. The molecule has 4 saturated carbocycles. The summed E-state index contributed by atoms with van der Waals surface area (Å²) in [5.74, 6) is 1.51. The second-order valence-electron chi connectivity index (χ2n) is 16.4. The summed E-state index contributed by atoms with van der Waals surface area (Å²) in [4.78, 5) is 11.7. The van der Waals surface area contributed by atoms with Crippen LogP contribution < -0.4 is 15.0 Å². The van der Waals surface area contributed by atoms with E-state index in [0.29, 0.717) is 83.1 Å². The lowest BCUT2D eigenvalue weighted by Gasteiger charge is -2.62. The van der Waals surface area contributed by atoms with Crippen LogP contribution in [0.25, 0.3) is 32.8 Å². The SMILES string of the molecule is O=S1(=O)CC2CCC(C1)C2CCCOc1nc(N2CC3CCC(C2)N3)c2cc(Cl)c(-c3cc(O)cc4ccc(F)c(C56CC(C5)C6)c34)c(F)c2n1. The lowest BCUT2D eigenvalue weighted by Crippen LogP contribution is -2.55. The topological polar surface area (TPSA) is 105 Å². The van der Waals surface area contributed by atoms with Crippen LogP contribution in [0.3, 0.4) is 0 Å². The molecule has 12 heteroatoms. The number of phenolic OH excluding ortho intramolecular Hbond substituents is 1. The minimum absolute atomic E-state index is 0.0593. The third-order valence-electron chi connectivity index (χ3n) is 13.2. The summed E-state index contributed by atoms with van der Waals surface area (Å²) in [7, 11) is -2.96. The molecule has 3 aromatic carbocycles. The van der Waals surface area contributed by atoms with E-state index in [-0.39, 0.29) is 62.4 Å². The van der Waals surface area contributed by atoms with Crippen LogP contribution in [0.1, 0.15) is 63.4 Å². The largest absolute Gasteiger partial charge is 0.508 e. The summed E-state index contributed by atoms with van der Waals surface area (Å²) in [6.45, 7) is 1.74.